The molecule has 3 rings (SSSR count). The Bertz CT molecular complexity index is 679. The SMILES string of the molecule is C=C1C(=O)O[C@H]2C[C@]3(C)O[C@@H]3CC/C(COC(C)=O)=C/[C@@H](OC(C)=O)[C@H]12. The third-order valence-corrected chi connectivity index (χ3v) is 5.21. The lowest BCUT2D eigenvalue weighted by molar-refractivity contribution is -0.147. The Morgan fingerprint density at radius 3 is 2.73 bits per heavy atom. The Hall–Kier alpha value is -2.15. The number of epoxide rings is 1. The Kier molecular flexibility index (Phi) is 4.92. The summed E-state index contributed by atoms with van der Waals surface area (Å²) in [6.45, 7) is 8.59. The first-order chi connectivity index (χ1) is 12.2. The van der Waals surface area contributed by atoms with Crippen LogP contribution in [0.15, 0.2) is 23.8 Å². The minimum Gasteiger partial charge on any atom is -0.461 e. The summed E-state index contributed by atoms with van der Waals surface area (Å²) < 4.78 is 21.9. The highest BCUT2D eigenvalue weighted by Gasteiger charge is 2.57. The lowest BCUT2D eigenvalue weighted by Crippen LogP contribution is -2.35. The number of esters is 3. The standard InChI is InChI=1S/C19H24O7/c1-10-17-14(24-12(3)21)7-13(9-23-11(2)20)5-6-16-19(4,26-16)8-15(17)25-18(10)22/h7,14-17H,1,5-6,8-9H2,2-4H3/b13-7-/t14-,15+,16-,17+,19+/m1/s1. The quantitative estimate of drug-likeness (QED) is 0.248. The van der Waals surface area contributed by atoms with Crippen molar-refractivity contribution < 1.29 is 33.3 Å². The van der Waals surface area contributed by atoms with Gasteiger partial charge in [0.05, 0.1) is 17.6 Å². The van der Waals surface area contributed by atoms with Crippen molar-refractivity contribution in [3.63, 3.8) is 0 Å². The molecule has 0 radical (unpaired) electrons. The van der Waals surface area contributed by atoms with Crippen LogP contribution in [0.5, 0.6) is 0 Å². The number of carbonyl (C=O) groups excluding carboxylic acids is 3. The average Bonchev–Trinajstić information content (AvgIpc) is 3.09. The minimum atomic E-state index is -0.707. The van der Waals surface area contributed by atoms with Gasteiger partial charge in [-0.2, -0.15) is 0 Å². The molecule has 2 fully saturated rings. The molecule has 3 aliphatic rings. The molecule has 0 N–H and O–H groups in total. The summed E-state index contributed by atoms with van der Waals surface area (Å²) in [4.78, 5) is 34.9. The van der Waals surface area contributed by atoms with E-state index in [1.54, 1.807) is 6.08 Å². The predicted octanol–water partition coefficient (Wildman–Crippen LogP) is 1.85. The monoisotopic (exact) mass is 364 g/mol. The highest BCUT2D eigenvalue weighted by atomic mass is 16.6. The molecule has 5 atom stereocenters. The van der Waals surface area contributed by atoms with Crippen LogP contribution in [0.3, 0.4) is 0 Å². The topological polar surface area (TPSA) is 91.4 Å². The average molecular weight is 364 g/mol. The van der Waals surface area contributed by atoms with Gasteiger partial charge in [-0.05, 0) is 31.4 Å². The second-order valence-electron chi connectivity index (χ2n) is 7.34. The highest BCUT2D eigenvalue weighted by Crippen LogP contribution is 2.48. The number of fused-ring (bicyclic) bond motifs is 2. The molecule has 0 bridgehead atoms. The van der Waals surface area contributed by atoms with Crippen LogP contribution in [0.25, 0.3) is 0 Å². The summed E-state index contributed by atoms with van der Waals surface area (Å²) >= 11 is 0. The van der Waals surface area contributed by atoms with E-state index in [1.165, 1.54) is 13.8 Å². The Balaban J connectivity index is 1.94. The number of hydrogen-bond donors (Lipinski definition) is 0. The molecular formula is C19H24O7. The molecule has 7 nitrogen and oxygen atoms in total. The molecule has 2 heterocycles. The molecule has 2 saturated heterocycles. The number of carbonyl (C=O) groups is 3. The fourth-order valence-electron chi connectivity index (χ4n) is 3.81. The van der Waals surface area contributed by atoms with Gasteiger partial charge in [-0.1, -0.05) is 6.58 Å². The molecule has 1 aliphatic carbocycles. The van der Waals surface area contributed by atoms with Gasteiger partial charge in [0, 0.05) is 25.8 Å². The lowest BCUT2D eigenvalue weighted by atomic mass is 9.82. The summed E-state index contributed by atoms with van der Waals surface area (Å²) in [5.41, 5.74) is 0.723. The van der Waals surface area contributed by atoms with Crippen molar-refractivity contribution in [3.05, 3.63) is 23.8 Å². The normalized spacial score (nSPS) is 38.2. The van der Waals surface area contributed by atoms with E-state index in [4.69, 9.17) is 18.9 Å². The largest absolute Gasteiger partial charge is 0.461 e. The molecule has 0 saturated carbocycles. The van der Waals surface area contributed by atoms with Crippen LogP contribution in [-0.4, -0.2) is 48.4 Å². The van der Waals surface area contributed by atoms with Gasteiger partial charge in [0.25, 0.3) is 0 Å². The van der Waals surface area contributed by atoms with Gasteiger partial charge in [-0.3, -0.25) is 9.59 Å². The van der Waals surface area contributed by atoms with Crippen LogP contribution in [0.4, 0.5) is 0 Å². The molecule has 142 valence electrons. The number of ether oxygens (including phenoxy) is 4. The van der Waals surface area contributed by atoms with E-state index >= 15 is 0 Å². The summed E-state index contributed by atoms with van der Waals surface area (Å²) in [6.07, 6.45) is 2.56. The summed E-state index contributed by atoms with van der Waals surface area (Å²) in [5, 5.41) is 0. The van der Waals surface area contributed by atoms with Crippen LogP contribution in [0, 0.1) is 5.92 Å². The first-order valence-electron chi connectivity index (χ1n) is 8.77. The summed E-state index contributed by atoms with van der Waals surface area (Å²) in [7, 11) is 0. The van der Waals surface area contributed by atoms with Crippen LogP contribution in [0.2, 0.25) is 0 Å². The second kappa shape index (κ2) is 6.87. The Morgan fingerprint density at radius 1 is 1.35 bits per heavy atom. The van der Waals surface area contributed by atoms with Gasteiger partial charge in [-0.25, -0.2) is 4.79 Å². The zero-order valence-electron chi connectivity index (χ0n) is 15.3. The van der Waals surface area contributed by atoms with Crippen molar-refractivity contribution in [2.45, 2.75) is 63.9 Å². The summed E-state index contributed by atoms with van der Waals surface area (Å²) in [6, 6.07) is 0. The fourth-order valence-corrected chi connectivity index (χ4v) is 3.81. The number of hydrogen-bond acceptors (Lipinski definition) is 7. The van der Waals surface area contributed by atoms with Gasteiger partial charge in [-0.15, -0.1) is 0 Å². The molecular weight excluding hydrogens is 340 g/mol. The highest BCUT2D eigenvalue weighted by molar-refractivity contribution is 5.91. The van der Waals surface area contributed by atoms with Crippen LogP contribution in [0.1, 0.15) is 40.0 Å². The Morgan fingerprint density at radius 2 is 2.08 bits per heavy atom. The fraction of sp³-hybridized carbons (Fsp3) is 0.632. The molecule has 26 heavy (non-hydrogen) atoms. The van der Waals surface area contributed by atoms with E-state index in [-0.39, 0.29) is 29.9 Å². The zero-order valence-corrected chi connectivity index (χ0v) is 15.3. The third-order valence-electron chi connectivity index (χ3n) is 5.21. The maximum Gasteiger partial charge on any atom is 0.334 e. The van der Waals surface area contributed by atoms with Crippen molar-refractivity contribution in [2.24, 2.45) is 5.92 Å². The number of rotatable bonds is 3. The van der Waals surface area contributed by atoms with Gasteiger partial charge >= 0.3 is 17.9 Å². The van der Waals surface area contributed by atoms with E-state index in [2.05, 4.69) is 6.58 Å². The molecule has 0 spiro atoms. The molecule has 0 amide bonds. The van der Waals surface area contributed by atoms with Crippen molar-refractivity contribution in [3.8, 4) is 0 Å². The smallest absolute Gasteiger partial charge is 0.334 e. The predicted molar refractivity (Wildman–Crippen MR) is 89.9 cm³/mol. The first kappa shape index (κ1) is 18.6. The third kappa shape index (κ3) is 3.82. The molecule has 0 aromatic carbocycles. The minimum absolute atomic E-state index is 0.0571. The van der Waals surface area contributed by atoms with Gasteiger partial charge in [0.1, 0.15) is 18.8 Å². The van der Waals surface area contributed by atoms with Crippen molar-refractivity contribution >= 4 is 17.9 Å². The van der Waals surface area contributed by atoms with Crippen molar-refractivity contribution in [2.75, 3.05) is 6.61 Å². The van der Waals surface area contributed by atoms with Crippen LogP contribution < -0.4 is 0 Å². The van der Waals surface area contributed by atoms with E-state index in [0.717, 1.165) is 12.0 Å². The van der Waals surface area contributed by atoms with Crippen molar-refractivity contribution in [1.82, 2.24) is 0 Å². The molecule has 0 aromatic rings. The Labute approximate surface area is 152 Å². The van der Waals surface area contributed by atoms with Crippen LogP contribution >= 0.6 is 0 Å². The molecule has 7 heteroatoms. The molecule has 0 unspecified atom stereocenters. The van der Waals surface area contributed by atoms with E-state index in [1.807, 2.05) is 6.92 Å². The van der Waals surface area contributed by atoms with Crippen molar-refractivity contribution in [1.29, 1.82) is 0 Å². The first-order valence-corrected chi connectivity index (χ1v) is 8.77. The van der Waals surface area contributed by atoms with Gasteiger partial charge in [0.2, 0.25) is 0 Å². The zero-order chi connectivity index (χ0) is 19.1. The summed E-state index contributed by atoms with van der Waals surface area (Å²) in [5.74, 6) is -1.82. The van der Waals surface area contributed by atoms with Crippen LogP contribution in [-0.2, 0) is 33.3 Å². The maximum absolute atomic E-state index is 12.1. The maximum atomic E-state index is 12.1. The second-order valence-corrected chi connectivity index (χ2v) is 7.34. The lowest BCUT2D eigenvalue weighted by Gasteiger charge is -2.27. The van der Waals surface area contributed by atoms with Gasteiger partial charge in [0.15, 0.2) is 0 Å². The van der Waals surface area contributed by atoms with E-state index < -0.39 is 30.1 Å². The van der Waals surface area contributed by atoms with E-state index in [0.29, 0.717) is 12.8 Å². The van der Waals surface area contributed by atoms with E-state index in [9.17, 15) is 14.4 Å². The molecule has 2 aliphatic heterocycles. The molecule has 0 aromatic heterocycles. The van der Waals surface area contributed by atoms with Gasteiger partial charge < -0.3 is 18.9 Å².